The molecule has 0 bridgehead atoms. The number of imidazole rings is 1. The van der Waals surface area contributed by atoms with Gasteiger partial charge in [0.2, 0.25) is 5.90 Å². The first-order chi connectivity index (χ1) is 31.3. The summed E-state index contributed by atoms with van der Waals surface area (Å²) in [6.07, 6.45) is 12.2. The molecule has 324 valence electrons. The van der Waals surface area contributed by atoms with E-state index in [0.29, 0.717) is 62.2 Å². The zero-order chi connectivity index (χ0) is 43.7. The maximum Gasteiger partial charge on any atom is 0.334 e. The largest absolute Gasteiger partial charge is 0.478 e. The van der Waals surface area contributed by atoms with Crippen molar-refractivity contribution in [1.29, 1.82) is 5.41 Å². The molecule has 64 heavy (non-hydrogen) atoms. The van der Waals surface area contributed by atoms with Gasteiger partial charge in [-0.15, -0.1) is 0 Å². The van der Waals surface area contributed by atoms with Crippen molar-refractivity contribution in [1.82, 2.24) is 19.4 Å². The van der Waals surface area contributed by atoms with E-state index < -0.39 is 0 Å². The monoisotopic (exact) mass is 853 g/mol. The minimum absolute atomic E-state index is 0.00216. The Balaban J connectivity index is 0.762. The summed E-state index contributed by atoms with van der Waals surface area (Å²) in [6.45, 7) is 6.92. The van der Waals surface area contributed by atoms with Crippen LogP contribution >= 0.6 is 0 Å². The molecule has 6 heterocycles. The standard InChI is InChI=1S/C52H51N7O5/c1-2-63-49(53)43-29-41-27-39(13-15-45(41)58-24-19-54-47(58)31-43)36-7-11-38(12-8-36)51(61)57-23-17-34(33-57)18-26-64-52(62)44-30-42-28-40(14-16-46(42)59-25-20-55-48(59)32-44)35-5-9-37(10-6-35)50(60)56-21-3-4-22-56/h5-16,19,24,27-30,34,53H,2-4,17-18,20-23,25-26,31-33H2,1H3. The maximum absolute atomic E-state index is 13.7. The van der Waals surface area contributed by atoms with E-state index >= 15 is 0 Å². The number of nitrogens with zero attached hydrogens (tertiary/aromatic N) is 6. The van der Waals surface area contributed by atoms with Crippen LogP contribution in [-0.2, 0) is 20.7 Å². The van der Waals surface area contributed by atoms with Gasteiger partial charge in [0.25, 0.3) is 11.8 Å². The molecule has 5 aliphatic heterocycles. The van der Waals surface area contributed by atoms with Gasteiger partial charge in [0.05, 0.1) is 25.4 Å². The van der Waals surface area contributed by atoms with E-state index in [1.165, 1.54) is 0 Å². The number of carbonyl (C=O) groups excluding carboxylic acids is 3. The molecule has 0 saturated carbocycles. The number of benzene rings is 4. The minimum Gasteiger partial charge on any atom is -0.478 e. The van der Waals surface area contributed by atoms with E-state index in [4.69, 9.17) is 19.9 Å². The van der Waals surface area contributed by atoms with Crippen LogP contribution in [0.1, 0.15) is 76.7 Å². The average molecular weight is 854 g/mol. The summed E-state index contributed by atoms with van der Waals surface area (Å²) in [5, 5.41) is 8.47. The minimum atomic E-state index is -0.342. The van der Waals surface area contributed by atoms with Crippen LogP contribution in [0.5, 0.6) is 0 Å². The van der Waals surface area contributed by atoms with Crippen molar-refractivity contribution in [3.05, 3.63) is 137 Å². The van der Waals surface area contributed by atoms with Crippen molar-refractivity contribution in [2.45, 2.75) is 45.4 Å². The van der Waals surface area contributed by atoms with E-state index in [2.05, 4.69) is 50.8 Å². The van der Waals surface area contributed by atoms with Gasteiger partial charge in [-0.1, -0.05) is 36.4 Å². The fourth-order valence-electron chi connectivity index (χ4n) is 9.65. The van der Waals surface area contributed by atoms with Gasteiger partial charge in [0, 0.05) is 85.9 Å². The Morgan fingerprint density at radius 1 is 0.719 bits per heavy atom. The van der Waals surface area contributed by atoms with Gasteiger partial charge >= 0.3 is 5.97 Å². The smallest absolute Gasteiger partial charge is 0.334 e. The van der Waals surface area contributed by atoms with Crippen molar-refractivity contribution in [3.63, 3.8) is 0 Å². The van der Waals surface area contributed by atoms with Crippen LogP contribution in [-0.4, -0.2) is 101 Å². The molecule has 12 nitrogen and oxygen atoms in total. The van der Waals surface area contributed by atoms with Crippen LogP contribution in [0.15, 0.2) is 113 Å². The van der Waals surface area contributed by atoms with Gasteiger partial charge in [0.15, 0.2) is 0 Å². The predicted octanol–water partition coefficient (Wildman–Crippen LogP) is 8.50. The molecule has 4 aromatic carbocycles. The van der Waals surface area contributed by atoms with Gasteiger partial charge in [0.1, 0.15) is 11.7 Å². The number of rotatable bonds is 10. The molecule has 1 atom stereocenters. The molecule has 0 aliphatic carbocycles. The lowest BCUT2D eigenvalue weighted by Crippen LogP contribution is -2.29. The van der Waals surface area contributed by atoms with Gasteiger partial charge < -0.3 is 28.7 Å². The number of aliphatic imine (C=N–C) groups is 1. The Labute approximate surface area is 373 Å². The summed E-state index contributed by atoms with van der Waals surface area (Å²) in [5.41, 5.74) is 10.6. The lowest BCUT2D eigenvalue weighted by Gasteiger charge is -2.21. The lowest BCUT2D eigenvalue weighted by atomic mass is 9.99. The number of aromatic nitrogens is 2. The maximum atomic E-state index is 13.7. The Bertz CT molecular complexity index is 2740. The lowest BCUT2D eigenvalue weighted by molar-refractivity contribution is -0.139. The highest BCUT2D eigenvalue weighted by Gasteiger charge is 2.30. The third-order valence-corrected chi connectivity index (χ3v) is 13.1. The molecule has 2 fully saturated rings. The normalized spacial score (nSPS) is 17.5. The van der Waals surface area contributed by atoms with Gasteiger partial charge in [-0.3, -0.25) is 20.0 Å². The summed E-state index contributed by atoms with van der Waals surface area (Å²) in [6, 6.07) is 28.1. The molecule has 12 heteroatoms. The van der Waals surface area contributed by atoms with Crippen LogP contribution in [0.25, 0.3) is 40.1 Å². The number of likely N-dealkylation sites (tertiary alicyclic amines) is 2. The van der Waals surface area contributed by atoms with Crippen LogP contribution < -0.4 is 4.90 Å². The number of nitrogens with one attached hydrogen (secondary N) is 1. The Morgan fingerprint density at radius 2 is 1.36 bits per heavy atom. The Hall–Kier alpha value is -7.08. The summed E-state index contributed by atoms with van der Waals surface area (Å²) < 4.78 is 13.5. The summed E-state index contributed by atoms with van der Waals surface area (Å²) in [5.74, 6) is 1.85. The number of fused-ring (bicyclic) bond motifs is 6. The molecule has 5 aliphatic rings. The zero-order valence-electron chi connectivity index (χ0n) is 36.1. The topological polar surface area (TPSA) is 133 Å². The molecule has 2 amide bonds. The number of amidine groups is 1. The van der Waals surface area contributed by atoms with Crippen molar-refractivity contribution in [3.8, 4) is 27.9 Å². The third-order valence-electron chi connectivity index (χ3n) is 13.1. The van der Waals surface area contributed by atoms with E-state index in [9.17, 15) is 14.4 Å². The molecule has 2 saturated heterocycles. The Kier molecular flexibility index (Phi) is 11.3. The summed E-state index contributed by atoms with van der Waals surface area (Å²) in [4.78, 5) is 55.6. The highest BCUT2D eigenvalue weighted by molar-refractivity contribution is 6.11. The van der Waals surface area contributed by atoms with Crippen molar-refractivity contribution >= 4 is 47.4 Å². The number of ether oxygens (including phenoxy) is 2. The summed E-state index contributed by atoms with van der Waals surface area (Å²) >= 11 is 0. The first-order valence-corrected chi connectivity index (χ1v) is 22.5. The van der Waals surface area contributed by atoms with Gasteiger partial charge in [-0.25, -0.2) is 9.78 Å². The first-order valence-electron chi connectivity index (χ1n) is 22.5. The molecule has 5 aromatic rings. The number of anilines is 1. The van der Waals surface area contributed by atoms with Crippen LogP contribution in [0, 0.1) is 11.3 Å². The number of hydrogen-bond donors (Lipinski definition) is 1. The molecule has 1 N–H and O–H groups in total. The molecular formula is C52H51N7O5. The van der Waals surface area contributed by atoms with Crippen molar-refractivity contribution in [2.24, 2.45) is 10.9 Å². The second-order valence-electron chi connectivity index (χ2n) is 17.1. The van der Waals surface area contributed by atoms with E-state index in [-0.39, 0.29) is 36.2 Å². The molecule has 0 spiro atoms. The second-order valence-corrected chi connectivity index (χ2v) is 17.1. The van der Waals surface area contributed by atoms with Gasteiger partial charge in [-0.2, -0.15) is 0 Å². The van der Waals surface area contributed by atoms with Crippen LogP contribution in [0.2, 0.25) is 0 Å². The van der Waals surface area contributed by atoms with E-state index in [0.717, 1.165) is 101 Å². The SMILES string of the molecule is CCOC(=N)C1=Cc2cc(-c3ccc(C(=O)N4CCC(CCOC(=O)C5=Cc6cc(-c7ccc(C(=O)N8CCCC8)cc7)ccc6N6CCN=C6C5)C4)cc3)ccc2-n2ccnc2C1. The number of carbonyl (C=O) groups is 3. The number of hydrogen-bond acceptors (Lipinski definition) is 9. The predicted molar refractivity (Wildman–Crippen MR) is 249 cm³/mol. The highest BCUT2D eigenvalue weighted by Crippen LogP contribution is 2.36. The van der Waals surface area contributed by atoms with Gasteiger partial charge in [-0.05, 0) is 133 Å². The molecular weight excluding hydrogens is 803 g/mol. The van der Waals surface area contributed by atoms with Crippen LogP contribution in [0.3, 0.4) is 0 Å². The van der Waals surface area contributed by atoms with E-state index in [1.807, 2.05) is 83.6 Å². The number of amides is 2. The molecule has 10 rings (SSSR count). The quantitative estimate of drug-likeness (QED) is 0.0847. The average Bonchev–Trinajstić information content (AvgIpc) is 4.17. The van der Waals surface area contributed by atoms with Crippen molar-refractivity contribution in [2.75, 3.05) is 57.4 Å². The fraction of sp³-hybridized carbons (Fsp3) is 0.308. The molecule has 1 unspecified atom stereocenters. The molecule has 1 aromatic heterocycles. The third kappa shape index (κ3) is 8.16. The summed E-state index contributed by atoms with van der Waals surface area (Å²) in [7, 11) is 0. The van der Waals surface area contributed by atoms with Crippen molar-refractivity contribution < 1.29 is 23.9 Å². The number of esters is 1. The zero-order valence-corrected chi connectivity index (χ0v) is 36.1. The Morgan fingerprint density at radius 3 is 2.06 bits per heavy atom. The van der Waals surface area contributed by atoms with E-state index in [1.54, 1.807) is 6.20 Å². The van der Waals surface area contributed by atoms with Crippen LogP contribution in [0.4, 0.5) is 5.69 Å². The first kappa shape index (κ1) is 41.0. The fourth-order valence-corrected chi connectivity index (χ4v) is 9.65. The highest BCUT2D eigenvalue weighted by atomic mass is 16.5. The second kappa shape index (κ2) is 17.6. The molecule has 0 radical (unpaired) electrons.